The molecule has 118 valence electrons. The van der Waals surface area contributed by atoms with Crippen molar-refractivity contribution in [3.05, 3.63) is 0 Å². The maximum Gasteiger partial charge on any atom is 0.327 e. The molecule has 0 saturated carbocycles. The van der Waals surface area contributed by atoms with Crippen LogP contribution < -0.4 is 5.32 Å². The Hall–Kier alpha value is -1.11. The fourth-order valence-corrected chi connectivity index (χ4v) is 4.14. The van der Waals surface area contributed by atoms with E-state index in [-0.39, 0.29) is 6.42 Å². The Bertz CT molecular complexity index is 412. The molecule has 0 saturated heterocycles. The van der Waals surface area contributed by atoms with Crippen molar-refractivity contribution in [1.29, 1.82) is 0 Å². The van der Waals surface area contributed by atoms with Gasteiger partial charge < -0.3 is 10.4 Å². The highest BCUT2D eigenvalue weighted by Crippen LogP contribution is 2.16. The van der Waals surface area contributed by atoms with E-state index >= 15 is 0 Å². The summed E-state index contributed by atoms with van der Waals surface area (Å²) in [4.78, 5) is 22.4. The second-order valence-corrected chi connectivity index (χ2v) is 7.17. The summed E-state index contributed by atoms with van der Waals surface area (Å²) in [5.74, 6) is -2.32. The first kappa shape index (κ1) is 18.9. The first-order valence-electron chi connectivity index (χ1n) is 7.02. The van der Waals surface area contributed by atoms with E-state index in [1.165, 1.54) is 0 Å². The van der Waals surface area contributed by atoms with Crippen LogP contribution in [0, 0.1) is 0 Å². The van der Waals surface area contributed by atoms with Crippen LogP contribution in [0.4, 0.5) is 0 Å². The Labute approximate surface area is 120 Å². The second-order valence-electron chi connectivity index (χ2n) is 4.84. The summed E-state index contributed by atoms with van der Waals surface area (Å²) in [6.07, 6.45) is 2.61. The van der Waals surface area contributed by atoms with E-state index in [1.807, 2.05) is 13.8 Å². The molecule has 7 heteroatoms. The van der Waals surface area contributed by atoms with Crippen LogP contribution in [0.5, 0.6) is 0 Å². The van der Waals surface area contributed by atoms with Crippen LogP contribution >= 0.6 is 0 Å². The molecule has 0 aliphatic rings. The summed E-state index contributed by atoms with van der Waals surface area (Å²) >= 11 is 0. The molecule has 0 aromatic rings. The lowest BCUT2D eigenvalue weighted by Crippen LogP contribution is -2.46. The van der Waals surface area contributed by atoms with Crippen LogP contribution in [-0.4, -0.2) is 42.4 Å². The van der Waals surface area contributed by atoms with Gasteiger partial charge in [-0.15, -0.1) is 0 Å². The Morgan fingerprint density at radius 1 is 1.10 bits per heavy atom. The van der Waals surface area contributed by atoms with E-state index in [0.717, 1.165) is 12.8 Å². The van der Waals surface area contributed by atoms with Gasteiger partial charge in [-0.3, -0.25) is 4.79 Å². The predicted molar refractivity (Wildman–Crippen MR) is 77.2 cm³/mol. The van der Waals surface area contributed by atoms with Gasteiger partial charge in [0.05, 0.1) is 11.0 Å². The number of sulfone groups is 1. The first-order valence-corrected chi connectivity index (χ1v) is 8.73. The minimum atomic E-state index is -3.54. The molecule has 1 amide bonds. The van der Waals surface area contributed by atoms with E-state index in [0.29, 0.717) is 12.8 Å². The average molecular weight is 307 g/mol. The third-order valence-electron chi connectivity index (χ3n) is 3.08. The number of aliphatic carboxylic acids is 1. The number of hydrogen-bond donors (Lipinski definition) is 2. The quantitative estimate of drug-likeness (QED) is 0.634. The van der Waals surface area contributed by atoms with Crippen molar-refractivity contribution in [2.45, 2.75) is 64.2 Å². The topological polar surface area (TPSA) is 101 Å². The van der Waals surface area contributed by atoms with Gasteiger partial charge in [0.2, 0.25) is 5.91 Å². The first-order chi connectivity index (χ1) is 9.28. The fourth-order valence-electron chi connectivity index (χ4n) is 1.99. The number of nitrogens with one attached hydrogen (secondary N) is 1. The van der Waals surface area contributed by atoms with Gasteiger partial charge in [-0.2, -0.15) is 0 Å². The normalized spacial score (nSPS) is 13.2. The van der Waals surface area contributed by atoms with Gasteiger partial charge in [0, 0.05) is 6.42 Å². The lowest BCUT2D eigenvalue weighted by molar-refractivity contribution is -0.141. The number of rotatable bonds is 10. The van der Waals surface area contributed by atoms with Gasteiger partial charge in [-0.25, -0.2) is 13.2 Å². The summed E-state index contributed by atoms with van der Waals surface area (Å²) in [6, 6.07) is -1.37. The number of amides is 1. The van der Waals surface area contributed by atoms with Crippen molar-refractivity contribution >= 4 is 21.7 Å². The van der Waals surface area contributed by atoms with Gasteiger partial charge in [0.15, 0.2) is 9.84 Å². The molecule has 0 aliphatic heterocycles. The Morgan fingerprint density at radius 2 is 1.60 bits per heavy atom. The SMILES string of the molecule is CCCC(CCC)S(=O)(=O)C[C@@H](NC(=O)CC)C(=O)O. The fraction of sp³-hybridized carbons (Fsp3) is 0.846. The van der Waals surface area contributed by atoms with E-state index in [9.17, 15) is 18.0 Å². The maximum atomic E-state index is 12.3. The smallest absolute Gasteiger partial charge is 0.327 e. The highest BCUT2D eigenvalue weighted by atomic mass is 32.2. The van der Waals surface area contributed by atoms with Crippen molar-refractivity contribution in [3.8, 4) is 0 Å². The van der Waals surface area contributed by atoms with Crippen molar-refractivity contribution in [1.82, 2.24) is 5.32 Å². The molecule has 0 heterocycles. The van der Waals surface area contributed by atoms with Crippen molar-refractivity contribution in [3.63, 3.8) is 0 Å². The molecular weight excluding hydrogens is 282 g/mol. The second kappa shape index (κ2) is 8.94. The van der Waals surface area contributed by atoms with Crippen molar-refractivity contribution in [2.75, 3.05) is 5.75 Å². The molecule has 6 nitrogen and oxygen atoms in total. The Morgan fingerprint density at radius 3 is 1.95 bits per heavy atom. The van der Waals surface area contributed by atoms with Gasteiger partial charge >= 0.3 is 5.97 Å². The summed E-state index contributed by atoms with van der Waals surface area (Å²) in [7, 11) is -3.54. The summed E-state index contributed by atoms with van der Waals surface area (Å²) < 4.78 is 24.6. The third-order valence-corrected chi connectivity index (χ3v) is 5.37. The summed E-state index contributed by atoms with van der Waals surface area (Å²) in [5, 5.41) is 10.8. The van der Waals surface area contributed by atoms with Crippen LogP contribution in [-0.2, 0) is 19.4 Å². The Kier molecular flexibility index (Phi) is 8.45. The van der Waals surface area contributed by atoms with Crippen LogP contribution in [0.15, 0.2) is 0 Å². The summed E-state index contributed by atoms with van der Waals surface area (Å²) in [5.41, 5.74) is 0. The largest absolute Gasteiger partial charge is 0.480 e. The molecule has 0 aliphatic carbocycles. The highest BCUT2D eigenvalue weighted by Gasteiger charge is 2.31. The molecule has 0 aromatic heterocycles. The molecule has 0 fully saturated rings. The zero-order chi connectivity index (χ0) is 15.8. The van der Waals surface area contributed by atoms with Gasteiger partial charge in [-0.1, -0.05) is 33.6 Å². The molecule has 0 bridgehead atoms. The molecule has 0 unspecified atom stereocenters. The summed E-state index contributed by atoms with van der Waals surface area (Å²) in [6.45, 7) is 5.37. The number of carbonyl (C=O) groups is 2. The molecule has 1 atom stereocenters. The van der Waals surface area contributed by atoms with E-state index < -0.39 is 38.8 Å². The number of carboxylic acids is 1. The predicted octanol–water partition coefficient (Wildman–Crippen LogP) is 1.35. The molecule has 0 spiro atoms. The van der Waals surface area contributed by atoms with Gasteiger partial charge in [0.25, 0.3) is 0 Å². The average Bonchev–Trinajstić information content (AvgIpc) is 2.37. The number of carboxylic acid groups (broad SMARTS) is 1. The molecule has 2 N–H and O–H groups in total. The van der Waals surface area contributed by atoms with Crippen LogP contribution in [0.25, 0.3) is 0 Å². The molecule has 0 rings (SSSR count). The molecule has 20 heavy (non-hydrogen) atoms. The number of hydrogen-bond acceptors (Lipinski definition) is 4. The maximum absolute atomic E-state index is 12.3. The van der Waals surface area contributed by atoms with E-state index in [4.69, 9.17) is 5.11 Å². The monoisotopic (exact) mass is 307 g/mol. The standard InChI is InChI=1S/C13H25NO5S/c1-4-7-10(8-5-2)20(18,19)9-11(13(16)17)14-12(15)6-3/h10-11H,4-9H2,1-3H3,(H,14,15)(H,16,17)/t11-/m1/s1. The van der Waals surface area contributed by atoms with Crippen LogP contribution in [0.1, 0.15) is 52.9 Å². The number of carbonyl (C=O) groups excluding carboxylic acids is 1. The third kappa shape index (κ3) is 6.36. The lowest BCUT2D eigenvalue weighted by Gasteiger charge is -2.20. The zero-order valence-corrected chi connectivity index (χ0v) is 13.2. The van der Waals surface area contributed by atoms with Crippen LogP contribution in [0.2, 0.25) is 0 Å². The van der Waals surface area contributed by atoms with Gasteiger partial charge in [-0.05, 0) is 12.8 Å². The molecule has 0 radical (unpaired) electrons. The van der Waals surface area contributed by atoms with E-state index in [1.54, 1.807) is 6.92 Å². The minimum absolute atomic E-state index is 0.122. The minimum Gasteiger partial charge on any atom is -0.480 e. The molecular formula is C13H25NO5S. The highest BCUT2D eigenvalue weighted by molar-refractivity contribution is 7.92. The van der Waals surface area contributed by atoms with Crippen LogP contribution in [0.3, 0.4) is 0 Å². The zero-order valence-electron chi connectivity index (χ0n) is 12.4. The lowest BCUT2D eigenvalue weighted by atomic mass is 10.2. The van der Waals surface area contributed by atoms with Crippen molar-refractivity contribution < 1.29 is 23.1 Å². The van der Waals surface area contributed by atoms with Gasteiger partial charge in [0.1, 0.15) is 6.04 Å². The molecule has 0 aromatic carbocycles. The van der Waals surface area contributed by atoms with Crippen molar-refractivity contribution in [2.24, 2.45) is 0 Å². The van der Waals surface area contributed by atoms with E-state index in [2.05, 4.69) is 5.32 Å². The Balaban J connectivity index is 4.97.